The van der Waals surface area contributed by atoms with Crippen LogP contribution >= 0.6 is 0 Å². The van der Waals surface area contributed by atoms with Gasteiger partial charge in [0.05, 0.1) is 13.5 Å². The SMILES string of the molecule is CCN(CCC(=O)O)C(=O)c1c(F)ccc(F)c1OC. The van der Waals surface area contributed by atoms with Crippen LogP contribution in [-0.4, -0.2) is 42.1 Å². The summed E-state index contributed by atoms with van der Waals surface area (Å²) in [5, 5.41) is 8.61. The van der Waals surface area contributed by atoms with Crippen molar-refractivity contribution in [2.45, 2.75) is 13.3 Å². The third kappa shape index (κ3) is 3.43. The van der Waals surface area contributed by atoms with Gasteiger partial charge in [0, 0.05) is 13.1 Å². The molecule has 0 unspecified atom stereocenters. The number of carboxylic acids is 1. The van der Waals surface area contributed by atoms with E-state index in [1.54, 1.807) is 6.92 Å². The Morgan fingerprint density at radius 1 is 1.30 bits per heavy atom. The molecule has 0 spiro atoms. The van der Waals surface area contributed by atoms with E-state index in [1.807, 2.05) is 0 Å². The van der Waals surface area contributed by atoms with Crippen molar-refractivity contribution in [2.24, 2.45) is 0 Å². The Morgan fingerprint density at radius 2 is 1.90 bits per heavy atom. The first-order chi connectivity index (χ1) is 9.42. The van der Waals surface area contributed by atoms with Crippen LogP contribution in [0.25, 0.3) is 0 Å². The molecule has 1 rings (SSSR count). The number of benzene rings is 1. The fraction of sp³-hybridized carbons (Fsp3) is 0.385. The van der Waals surface area contributed by atoms with Crippen LogP contribution in [0.1, 0.15) is 23.7 Å². The number of methoxy groups -OCH3 is 1. The van der Waals surface area contributed by atoms with Crippen LogP contribution in [0.4, 0.5) is 8.78 Å². The molecule has 0 fully saturated rings. The highest BCUT2D eigenvalue weighted by Crippen LogP contribution is 2.26. The standard InChI is InChI=1S/C13H15F2NO4/c1-3-16(7-6-10(17)18)13(19)11-8(14)4-5-9(15)12(11)20-2/h4-5H,3,6-7H2,1-2H3,(H,17,18). The number of rotatable bonds is 6. The van der Waals surface area contributed by atoms with E-state index in [4.69, 9.17) is 9.84 Å². The molecule has 0 radical (unpaired) electrons. The van der Waals surface area contributed by atoms with Gasteiger partial charge >= 0.3 is 5.97 Å². The Bertz CT molecular complexity index is 519. The van der Waals surface area contributed by atoms with E-state index in [9.17, 15) is 18.4 Å². The average molecular weight is 287 g/mol. The largest absolute Gasteiger partial charge is 0.493 e. The van der Waals surface area contributed by atoms with Gasteiger partial charge in [-0.3, -0.25) is 9.59 Å². The Labute approximate surface area is 114 Å². The van der Waals surface area contributed by atoms with E-state index in [-0.39, 0.29) is 19.5 Å². The molecule has 110 valence electrons. The lowest BCUT2D eigenvalue weighted by Gasteiger charge is -2.21. The van der Waals surface area contributed by atoms with E-state index in [2.05, 4.69) is 0 Å². The van der Waals surface area contributed by atoms with Crippen molar-refractivity contribution in [1.29, 1.82) is 0 Å². The van der Waals surface area contributed by atoms with Crippen molar-refractivity contribution in [1.82, 2.24) is 4.90 Å². The molecule has 1 aromatic carbocycles. The summed E-state index contributed by atoms with van der Waals surface area (Å²) >= 11 is 0. The maximum absolute atomic E-state index is 13.8. The molecule has 0 aromatic heterocycles. The molecular formula is C13H15F2NO4. The highest BCUT2D eigenvalue weighted by molar-refractivity contribution is 5.97. The summed E-state index contributed by atoms with van der Waals surface area (Å²) in [7, 11) is 1.13. The van der Waals surface area contributed by atoms with Gasteiger partial charge < -0.3 is 14.7 Å². The van der Waals surface area contributed by atoms with Gasteiger partial charge in [-0.1, -0.05) is 0 Å². The van der Waals surface area contributed by atoms with Crippen molar-refractivity contribution in [2.75, 3.05) is 20.2 Å². The smallest absolute Gasteiger partial charge is 0.305 e. The van der Waals surface area contributed by atoms with Crippen molar-refractivity contribution in [3.8, 4) is 5.75 Å². The summed E-state index contributed by atoms with van der Waals surface area (Å²) in [5.41, 5.74) is -0.528. The van der Waals surface area contributed by atoms with Crippen LogP contribution in [0.15, 0.2) is 12.1 Å². The fourth-order valence-electron chi connectivity index (χ4n) is 1.72. The minimum absolute atomic E-state index is 0.0935. The zero-order chi connectivity index (χ0) is 15.3. The van der Waals surface area contributed by atoms with Gasteiger partial charge in [-0.25, -0.2) is 8.78 Å². The van der Waals surface area contributed by atoms with E-state index >= 15 is 0 Å². The summed E-state index contributed by atoms with van der Waals surface area (Å²) in [4.78, 5) is 23.8. The van der Waals surface area contributed by atoms with Gasteiger partial charge in [-0.15, -0.1) is 0 Å². The van der Waals surface area contributed by atoms with Crippen LogP contribution in [-0.2, 0) is 4.79 Å². The fourth-order valence-corrected chi connectivity index (χ4v) is 1.72. The summed E-state index contributed by atoms with van der Waals surface area (Å²) in [6, 6.07) is 1.69. The third-order valence-corrected chi connectivity index (χ3v) is 2.74. The second kappa shape index (κ2) is 6.83. The Balaban J connectivity index is 3.12. The lowest BCUT2D eigenvalue weighted by molar-refractivity contribution is -0.137. The normalized spacial score (nSPS) is 10.2. The summed E-state index contributed by atoms with van der Waals surface area (Å²) in [6.45, 7) is 1.69. The number of amides is 1. The van der Waals surface area contributed by atoms with Gasteiger partial charge in [0.2, 0.25) is 0 Å². The molecule has 7 heteroatoms. The lowest BCUT2D eigenvalue weighted by atomic mass is 10.1. The van der Waals surface area contributed by atoms with E-state index in [0.29, 0.717) is 0 Å². The number of hydrogen-bond acceptors (Lipinski definition) is 3. The molecule has 0 atom stereocenters. The number of hydrogen-bond donors (Lipinski definition) is 1. The lowest BCUT2D eigenvalue weighted by Crippen LogP contribution is -2.33. The first-order valence-corrected chi connectivity index (χ1v) is 5.95. The molecule has 0 aliphatic rings. The van der Waals surface area contributed by atoms with Crippen LogP contribution in [0.3, 0.4) is 0 Å². The summed E-state index contributed by atoms with van der Waals surface area (Å²) in [5.74, 6) is -4.14. The number of carbonyl (C=O) groups excluding carboxylic acids is 1. The third-order valence-electron chi connectivity index (χ3n) is 2.74. The highest BCUT2D eigenvalue weighted by Gasteiger charge is 2.25. The maximum atomic E-state index is 13.8. The zero-order valence-electron chi connectivity index (χ0n) is 11.2. The molecule has 5 nitrogen and oxygen atoms in total. The molecule has 20 heavy (non-hydrogen) atoms. The maximum Gasteiger partial charge on any atom is 0.305 e. The van der Waals surface area contributed by atoms with Gasteiger partial charge in [0.15, 0.2) is 11.6 Å². The van der Waals surface area contributed by atoms with Crippen LogP contribution in [0.5, 0.6) is 5.75 Å². The first kappa shape index (κ1) is 15.9. The van der Waals surface area contributed by atoms with Crippen LogP contribution in [0.2, 0.25) is 0 Å². The number of ether oxygens (including phenoxy) is 1. The second-order valence-corrected chi connectivity index (χ2v) is 3.97. The van der Waals surface area contributed by atoms with Crippen molar-refractivity contribution >= 4 is 11.9 Å². The summed E-state index contributed by atoms with van der Waals surface area (Å²) in [6.07, 6.45) is -0.279. The molecule has 0 saturated heterocycles. The van der Waals surface area contributed by atoms with E-state index in [1.165, 1.54) is 0 Å². The molecule has 1 amide bonds. The number of aliphatic carboxylic acids is 1. The van der Waals surface area contributed by atoms with E-state index in [0.717, 1.165) is 24.1 Å². The quantitative estimate of drug-likeness (QED) is 0.868. The molecule has 1 N–H and O–H groups in total. The molecule has 1 aromatic rings. The predicted molar refractivity (Wildman–Crippen MR) is 66.7 cm³/mol. The van der Waals surface area contributed by atoms with E-state index < -0.39 is 34.8 Å². The van der Waals surface area contributed by atoms with Gasteiger partial charge in [0.25, 0.3) is 5.91 Å². The molecular weight excluding hydrogens is 272 g/mol. The monoisotopic (exact) mass is 287 g/mol. The Morgan fingerprint density at radius 3 is 2.40 bits per heavy atom. The minimum atomic E-state index is -1.08. The second-order valence-electron chi connectivity index (χ2n) is 3.97. The van der Waals surface area contributed by atoms with Gasteiger partial charge in [0.1, 0.15) is 11.4 Å². The predicted octanol–water partition coefficient (Wildman–Crippen LogP) is 1.91. The number of halogens is 2. The highest BCUT2D eigenvalue weighted by atomic mass is 19.1. The average Bonchev–Trinajstić information content (AvgIpc) is 2.41. The number of nitrogens with zero attached hydrogens (tertiary/aromatic N) is 1. The molecule has 0 aliphatic carbocycles. The van der Waals surface area contributed by atoms with Crippen molar-refractivity contribution in [3.63, 3.8) is 0 Å². The number of carbonyl (C=O) groups is 2. The first-order valence-electron chi connectivity index (χ1n) is 5.95. The van der Waals surface area contributed by atoms with Crippen molar-refractivity contribution in [3.05, 3.63) is 29.3 Å². The Hall–Kier alpha value is -2.18. The molecule has 0 aliphatic heterocycles. The van der Waals surface area contributed by atoms with Crippen LogP contribution < -0.4 is 4.74 Å². The molecule has 0 heterocycles. The number of carboxylic acid groups (broad SMARTS) is 1. The van der Waals surface area contributed by atoms with Crippen LogP contribution in [0, 0.1) is 11.6 Å². The van der Waals surface area contributed by atoms with Crippen molar-refractivity contribution < 1.29 is 28.2 Å². The van der Waals surface area contributed by atoms with Gasteiger partial charge in [-0.05, 0) is 19.1 Å². The molecule has 0 saturated carbocycles. The van der Waals surface area contributed by atoms with Gasteiger partial charge in [-0.2, -0.15) is 0 Å². The minimum Gasteiger partial charge on any atom is -0.493 e. The summed E-state index contributed by atoms with van der Waals surface area (Å²) < 4.78 is 32.0. The molecule has 0 bridgehead atoms. The Kier molecular flexibility index (Phi) is 5.42. The zero-order valence-corrected chi connectivity index (χ0v) is 11.2. The topological polar surface area (TPSA) is 66.8 Å².